The molecule has 0 amide bonds. The summed E-state index contributed by atoms with van der Waals surface area (Å²) in [6.45, 7) is 6.92. The number of hydrogen-bond acceptors (Lipinski definition) is 6. The first-order valence-electron chi connectivity index (χ1n) is 6.02. The van der Waals surface area contributed by atoms with Crippen molar-refractivity contribution in [1.82, 2.24) is 30.0 Å². The van der Waals surface area contributed by atoms with Gasteiger partial charge in [0.2, 0.25) is 5.88 Å². The first-order chi connectivity index (χ1) is 8.92. The number of aromatic nitrogens is 5. The lowest BCUT2D eigenvalue weighted by Crippen LogP contribution is -2.35. The van der Waals surface area contributed by atoms with E-state index in [-0.39, 0.29) is 11.5 Å². The fourth-order valence-corrected chi connectivity index (χ4v) is 1.34. The van der Waals surface area contributed by atoms with Crippen LogP contribution in [-0.4, -0.2) is 30.3 Å². The molecule has 0 aliphatic carbocycles. The molecule has 0 bridgehead atoms. The fraction of sp³-hybridized carbons (Fsp3) is 0.500. The summed E-state index contributed by atoms with van der Waals surface area (Å²) >= 11 is 0. The Morgan fingerprint density at radius 3 is 2.74 bits per heavy atom. The molecule has 2 aromatic rings. The Morgan fingerprint density at radius 2 is 2.11 bits per heavy atom. The summed E-state index contributed by atoms with van der Waals surface area (Å²) in [5.41, 5.74) is 0.838. The number of ether oxygens (including phenoxy) is 1. The Bertz CT molecular complexity index is 545. The highest BCUT2D eigenvalue weighted by Gasteiger charge is 2.10. The van der Waals surface area contributed by atoms with Gasteiger partial charge in [-0.05, 0) is 20.8 Å². The Labute approximate surface area is 112 Å². The van der Waals surface area contributed by atoms with E-state index >= 15 is 0 Å². The van der Waals surface area contributed by atoms with Crippen LogP contribution in [-0.2, 0) is 13.6 Å². The molecule has 0 radical (unpaired) electrons. The van der Waals surface area contributed by atoms with Gasteiger partial charge in [-0.2, -0.15) is 4.98 Å². The second-order valence-corrected chi connectivity index (χ2v) is 5.26. The van der Waals surface area contributed by atoms with Crippen LogP contribution >= 0.6 is 0 Å². The number of rotatable bonds is 4. The first-order valence-corrected chi connectivity index (χ1v) is 6.02. The predicted octanol–water partition coefficient (Wildman–Crippen LogP) is 1.29. The molecular formula is C12H18N6O. The summed E-state index contributed by atoms with van der Waals surface area (Å²) in [4.78, 5) is 12.4. The van der Waals surface area contributed by atoms with E-state index in [0.29, 0.717) is 12.4 Å². The molecule has 2 rings (SSSR count). The Kier molecular flexibility index (Phi) is 3.75. The quantitative estimate of drug-likeness (QED) is 0.894. The van der Waals surface area contributed by atoms with Gasteiger partial charge in [0.05, 0.1) is 11.9 Å². The summed E-state index contributed by atoms with van der Waals surface area (Å²) in [5, 5.41) is 7.36. The average Bonchev–Trinajstić information content (AvgIpc) is 2.72. The fourth-order valence-electron chi connectivity index (χ4n) is 1.34. The summed E-state index contributed by atoms with van der Waals surface area (Å²) < 4.78 is 6.99. The molecule has 102 valence electrons. The number of nitrogens with one attached hydrogen (secondary N) is 1. The van der Waals surface area contributed by atoms with Crippen molar-refractivity contribution >= 4 is 0 Å². The zero-order valence-corrected chi connectivity index (χ0v) is 11.6. The molecule has 19 heavy (non-hydrogen) atoms. The maximum atomic E-state index is 5.43. The highest BCUT2D eigenvalue weighted by atomic mass is 16.5. The van der Waals surface area contributed by atoms with Crippen molar-refractivity contribution < 1.29 is 4.74 Å². The van der Waals surface area contributed by atoms with Crippen LogP contribution in [0.5, 0.6) is 11.9 Å². The largest absolute Gasteiger partial charge is 0.402 e. The average molecular weight is 262 g/mol. The van der Waals surface area contributed by atoms with Crippen molar-refractivity contribution in [3.8, 4) is 11.9 Å². The summed E-state index contributed by atoms with van der Waals surface area (Å²) in [6.07, 6.45) is 4.81. The van der Waals surface area contributed by atoms with E-state index in [2.05, 4.69) is 46.1 Å². The van der Waals surface area contributed by atoms with Crippen molar-refractivity contribution in [3.05, 3.63) is 24.4 Å². The van der Waals surface area contributed by atoms with Crippen LogP contribution in [0.2, 0.25) is 0 Å². The molecule has 0 saturated carbocycles. The molecule has 0 atom stereocenters. The second kappa shape index (κ2) is 5.31. The minimum atomic E-state index is 0.0289. The molecule has 0 unspecified atom stereocenters. The molecule has 0 aromatic carbocycles. The Hall–Kier alpha value is -2.02. The van der Waals surface area contributed by atoms with Gasteiger partial charge in [0.25, 0.3) is 0 Å². The molecule has 2 heterocycles. The third-order valence-corrected chi connectivity index (χ3v) is 2.24. The molecule has 0 aliphatic heterocycles. The SMILES string of the molecule is Cn1cnc(Oc2cncc(CNC(C)(C)C)n2)n1. The van der Waals surface area contributed by atoms with Crippen LogP contribution in [0.3, 0.4) is 0 Å². The molecule has 0 spiro atoms. The molecule has 2 aromatic heterocycles. The predicted molar refractivity (Wildman–Crippen MR) is 69.7 cm³/mol. The van der Waals surface area contributed by atoms with Gasteiger partial charge in [-0.15, -0.1) is 5.10 Å². The van der Waals surface area contributed by atoms with Crippen LogP contribution in [0.25, 0.3) is 0 Å². The van der Waals surface area contributed by atoms with Crippen molar-refractivity contribution in [2.24, 2.45) is 7.05 Å². The van der Waals surface area contributed by atoms with E-state index in [1.807, 2.05) is 0 Å². The van der Waals surface area contributed by atoms with Gasteiger partial charge in [0, 0.05) is 25.3 Å². The zero-order chi connectivity index (χ0) is 13.9. The van der Waals surface area contributed by atoms with E-state index in [9.17, 15) is 0 Å². The lowest BCUT2D eigenvalue weighted by molar-refractivity contribution is 0.404. The van der Waals surface area contributed by atoms with Crippen LogP contribution in [0.4, 0.5) is 0 Å². The summed E-state index contributed by atoms with van der Waals surface area (Å²) in [6, 6.07) is 0.262. The van der Waals surface area contributed by atoms with E-state index in [0.717, 1.165) is 5.69 Å². The standard InChI is InChI=1S/C12H18N6O/c1-12(2,3)15-6-9-5-13-7-10(16-9)19-11-14-8-18(4)17-11/h5,7-8,15H,6H2,1-4H3. The topological polar surface area (TPSA) is 77.8 Å². The number of aryl methyl sites for hydroxylation is 1. The molecule has 0 saturated heterocycles. The smallest absolute Gasteiger partial charge is 0.342 e. The van der Waals surface area contributed by atoms with Gasteiger partial charge in [-0.1, -0.05) is 0 Å². The van der Waals surface area contributed by atoms with Gasteiger partial charge in [0.15, 0.2) is 0 Å². The van der Waals surface area contributed by atoms with Crippen LogP contribution < -0.4 is 10.1 Å². The minimum absolute atomic E-state index is 0.0289. The summed E-state index contributed by atoms with van der Waals surface area (Å²) in [5.74, 6) is 0.388. The molecular weight excluding hydrogens is 244 g/mol. The zero-order valence-electron chi connectivity index (χ0n) is 11.6. The van der Waals surface area contributed by atoms with E-state index in [4.69, 9.17) is 4.74 Å². The van der Waals surface area contributed by atoms with Crippen molar-refractivity contribution in [3.63, 3.8) is 0 Å². The van der Waals surface area contributed by atoms with Crippen molar-refractivity contribution in [1.29, 1.82) is 0 Å². The monoisotopic (exact) mass is 262 g/mol. The molecule has 0 aliphatic rings. The number of nitrogens with zero attached hydrogens (tertiary/aromatic N) is 5. The Morgan fingerprint density at radius 1 is 1.32 bits per heavy atom. The first kappa shape index (κ1) is 13.4. The molecule has 1 N–H and O–H groups in total. The van der Waals surface area contributed by atoms with Gasteiger partial charge in [-0.25, -0.2) is 4.98 Å². The third kappa shape index (κ3) is 4.29. The van der Waals surface area contributed by atoms with Gasteiger partial charge < -0.3 is 10.1 Å². The molecule has 0 fully saturated rings. The molecule has 7 heteroatoms. The van der Waals surface area contributed by atoms with Gasteiger partial charge >= 0.3 is 6.01 Å². The Balaban J connectivity index is 2.02. The van der Waals surface area contributed by atoms with E-state index in [1.54, 1.807) is 24.3 Å². The third-order valence-electron chi connectivity index (χ3n) is 2.24. The van der Waals surface area contributed by atoms with Crippen molar-refractivity contribution in [2.75, 3.05) is 0 Å². The van der Waals surface area contributed by atoms with Crippen LogP contribution in [0.1, 0.15) is 26.5 Å². The normalized spacial score (nSPS) is 11.6. The van der Waals surface area contributed by atoms with E-state index < -0.39 is 0 Å². The molecule has 7 nitrogen and oxygen atoms in total. The lowest BCUT2D eigenvalue weighted by atomic mass is 10.1. The van der Waals surface area contributed by atoms with Crippen molar-refractivity contribution in [2.45, 2.75) is 32.9 Å². The van der Waals surface area contributed by atoms with E-state index in [1.165, 1.54) is 6.20 Å². The van der Waals surface area contributed by atoms with Crippen LogP contribution in [0.15, 0.2) is 18.7 Å². The highest BCUT2D eigenvalue weighted by Crippen LogP contribution is 2.13. The number of hydrogen-bond donors (Lipinski definition) is 1. The summed E-state index contributed by atoms with van der Waals surface area (Å²) in [7, 11) is 1.77. The van der Waals surface area contributed by atoms with Crippen LogP contribution in [0, 0.1) is 0 Å². The second-order valence-electron chi connectivity index (χ2n) is 5.26. The maximum absolute atomic E-state index is 5.43. The lowest BCUT2D eigenvalue weighted by Gasteiger charge is -2.20. The highest BCUT2D eigenvalue weighted by molar-refractivity contribution is 5.12. The van der Waals surface area contributed by atoms with Gasteiger partial charge in [0.1, 0.15) is 6.33 Å². The van der Waals surface area contributed by atoms with Gasteiger partial charge in [-0.3, -0.25) is 9.67 Å². The minimum Gasteiger partial charge on any atom is -0.402 e. The maximum Gasteiger partial charge on any atom is 0.342 e.